The molecule has 1 unspecified atom stereocenters. The largest absolute Gasteiger partial charge is 0.460 e. The Bertz CT molecular complexity index is 198. The molecule has 0 bridgehead atoms. The molecule has 0 aliphatic rings. The van der Waals surface area contributed by atoms with Crippen LogP contribution in [-0.4, -0.2) is 25.0 Å². The molecule has 0 saturated carbocycles. The van der Waals surface area contributed by atoms with Gasteiger partial charge in [-0.15, -0.1) is 0 Å². The minimum atomic E-state index is -0.549. The summed E-state index contributed by atoms with van der Waals surface area (Å²) in [6.45, 7) is 10.9. The van der Waals surface area contributed by atoms with Crippen molar-refractivity contribution < 1.29 is 19.0 Å². The summed E-state index contributed by atoms with van der Waals surface area (Å²) in [4.78, 5) is 11.1. The van der Waals surface area contributed by atoms with Crippen molar-refractivity contribution in [1.29, 1.82) is 0 Å². The minimum Gasteiger partial charge on any atom is -0.460 e. The minimum absolute atomic E-state index is 0.0278. The van der Waals surface area contributed by atoms with E-state index in [0.717, 1.165) is 0 Å². The van der Waals surface area contributed by atoms with Crippen LogP contribution in [0, 0.1) is 0 Å². The number of hydrogen-bond donors (Lipinski definition) is 0. The van der Waals surface area contributed by atoms with Gasteiger partial charge in [0.05, 0.1) is 12.7 Å². The van der Waals surface area contributed by atoms with E-state index in [9.17, 15) is 4.79 Å². The van der Waals surface area contributed by atoms with E-state index < -0.39 is 12.3 Å². The van der Waals surface area contributed by atoms with Crippen LogP contribution in [0.3, 0.4) is 0 Å². The smallest absolute Gasteiger partial charge is 0.373 e. The molecule has 0 aliphatic heterocycles. The summed E-state index contributed by atoms with van der Waals surface area (Å²) in [5.74, 6) is -0.577. The Morgan fingerprint density at radius 3 is 2.36 bits per heavy atom. The average molecular weight is 202 g/mol. The Morgan fingerprint density at radius 2 is 1.93 bits per heavy atom. The number of esters is 1. The third kappa shape index (κ3) is 5.59. The second kappa shape index (κ2) is 6.43. The number of rotatable bonds is 6. The highest BCUT2D eigenvalue weighted by atomic mass is 16.7. The summed E-state index contributed by atoms with van der Waals surface area (Å²) >= 11 is 0. The first-order chi connectivity index (χ1) is 6.47. The van der Waals surface area contributed by atoms with E-state index in [1.165, 1.54) is 0 Å². The van der Waals surface area contributed by atoms with E-state index in [1.54, 1.807) is 13.8 Å². The SMILES string of the molecule is C=C(OC(C)OC(C)C)C(=O)OCC. The van der Waals surface area contributed by atoms with Crippen LogP contribution < -0.4 is 0 Å². The van der Waals surface area contributed by atoms with E-state index in [0.29, 0.717) is 6.61 Å². The standard InChI is InChI=1S/C10H18O4/c1-6-12-10(11)8(4)14-9(5)13-7(2)3/h7,9H,4,6H2,1-3,5H3. The molecule has 14 heavy (non-hydrogen) atoms. The third-order valence-corrected chi connectivity index (χ3v) is 1.28. The molecular formula is C10H18O4. The Hall–Kier alpha value is -1.03. The molecule has 1 atom stereocenters. The lowest BCUT2D eigenvalue weighted by Crippen LogP contribution is -2.20. The maximum Gasteiger partial charge on any atom is 0.373 e. The molecular weight excluding hydrogens is 184 g/mol. The first-order valence-corrected chi connectivity index (χ1v) is 4.65. The molecule has 0 aromatic heterocycles. The molecule has 0 amide bonds. The van der Waals surface area contributed by atoms with Crippen molar-refractivity contribution >= 4 is 5.97 Å². The lowest BCUT2D eigenvalue weighted by Gasteiger charge is -2.18. The molecule has 0 saturated heterocycles. The number of hydrogen-bond acceptors (Lipinski definition) is 4. The highest BCUT2D eigenvalue weighted by molar-refractivity contribution is 5.85. The van der Waals surface area contributed by atoms with Gasteiger partial charge in [0.1, 0.15) is 0 Å². The molecule has 0 aromatic rings. The molecule has 0 N–H and O–H groups in total. The Balaban J connectivity index is 3.87. The highest BCUT2D eigenvalue weighted by Crippen LogP contribution is 2.06. The van der Waals surface area contributed by atoms with Crippen molar-refractivity contribution in [2.45, 2.75) is 40.1 Å². The van der Waals surface area contributed by atoms with Gasteiger partial charge >= 0.3 is 5.97 Å². The first kappa shape index (κ1) is 13.0. The van der Waals surface area contributed by atoms with Crippen LogP contribution >= 0.6 is 0 Å². The van der Waals surface area contributed by atoms with Gasteiger partial charge in [0.15, 0.2) is 12.0 Å². The molecule has 0 rings (SSSR count). The molecule has 0 radical (unpaired) electrons. The molecule has 0 heterocycles. The fourth-order valence-electron chi connectivity index (χ4n) is 0.871. The van der Waals surface area contributed by atoms with Gasteiger partial charge in [0.2, 0.25) is 0 Å². The molecule has 0 aromatic carbocycles. The van der Waals surface area contributed by atoms with Crippen molar-refractivity contribution in [2.24, 2.45) is 0 Å². The second-order valence-electron chi connectivity index (χ2n) is 3.01. The Kier molecular flexibility index (Phi) is 5.95. The van der Waals surface area contributed by atoms with Crippen LogP contribution in [0.1, 0.15) is 27.7 Å². The zero-order chi connectivity index (χ0) is 11.1. The van der Waals surface area contributed by atoms with Crippen molar-refractivity contribution in [1.82, 2.24) is 0 Å². The van der Waals surface area contributed by atoms with Gasteiger partial charge in [0, 0.05) is 0 Å². The van der Waals surface area contributed by atoms with Crippen LogP contribution in [0.4, 0.5) is 0 Å². The molecule has 0 spiro atoms. The summed E-state index contributed by atoms with van der Waals surface area (Å²) < 4.78 is 15.0. The van der Waals surface area contributed by atoms with Crippen LogP contribution in [0.15, 0.2) is 12.3 Å². The quantitative estimate of drug-likeness (QED) is 0.285. The van der Waals surface area contributed by atoms with E-state index in [4.69, 9.17) is 14.2 Å². The summed E-state index contributed by atoms with van der Waals surface area (Å²) in [5, 5.41) is 0. The first-order valence-electron chi connectivity index (χ1n) is 4.65. The van der Waals surface area contributed by atoms with Gasteiger partial charge in [-0.3, -0.25) is 0 Å². The van der Waals surface area contributed by atoms with Gasteiger partial charge in [-0.1, -0.05) is 0 Å². The van der Waals surface area contributed by atoms with Crippen LogP contribution in [-0.2, 0) is 19.0 Å². The third-order valence-electron chi connectivity index (χ3n) is 1.28. The predicted octanol–water partition coefficient (Wildman–Crippen LogP) is 1.85. The van der Waals surface area contributed by atoms with Crippen molar-refractivity contribution in [3.05, 3.63) is 12.3 Å². The van der Waals surface area contributed by atoms with Gasteiger partial charge in [0.25, 0.3) is 0 Å². The summed E-state index contributed by atoms with van der Waals surface area (Å²) in [5.41, 5.74) is 0. The molecule has 4 heteroatoms. The topological polar surface area (TPSA) is 44.8 Å². The number of ether oxygens (including phenoxy) is 3. The number of carbonyl (C=O) groups is 1. The average Bonchev–Trinajstić information content (AvgIpc) is 2.02. The monoisotopic (exact) mass is 202 g/mol. The molecule has 82 valence electrons. The van der Waals surface area contributed by atoms with Crippen LogP contribution in [0.2, 0.25) is 0 Å². The van der Waals surface area contributed by atoms with Gasteiger partial charge in [-0.25, -0.2) is 4.79 Å². The maximum atomic E-state index is 11.1. The summed E-state index contributed by atoms with van der Waals surface area (Å²) in [7, 11) is 0. The molecule has 0 aliphatic carbocycles. The van der Waals surface area contributed by atoms with E-state index in [-0.39, 0.29) is 11.9 Å². The van der Waals surface area contributed by atoms with E-state index >= 15 is 0 Å². The fourth-order valence-corrected chi connectivity index (χ4v) is 0.871. The van der Waals surface area contributed by atoms with Crippen molar-refractivity contribution in [3.63, 3.8) is 0 Å². The Labute approximate surface area is 84.8 Å². The summed E-state index contributed by atoms with van der Waals surface area (Å²) in [6, 6.07) is 0. The number of carbonyl (C=O) groups excluding carboxylic acids is 1. The van der Waals surface area contributed by atoms with Gasteiger partial charge < -0.3 is 14.2 Å². The van der Waals surface area contributed by atoms with Crippen LogP contribution in [0.25, 0.3) is 0 Å². The van der Waals surface area contributed by atoms with E-state index in [2.05, 4.69) is 6.58 Å². The fraction of sp³-hybridized carbons (Fsp3) is 0.700. The molecule has 4 nitrogen and oxygen atoms in total. The zero-order valence-electron chi connectivity index (χ0n) is 9.20. The lowest BCUT2D eigenvalue weighted by molar-refractivity contribution is -0.158. The maximum absolute atomic E-state index is 11.1. The van der Waals surface area contributed by atoms with Crippen LogP contribution in [0.5, 0.6) is 0 Å². The van der Waals surface area contributed by atoms with E-state index in [1.807, 2.05) is 13.8 Å². The Morgan fingerprint density at radius 1 is 1.36 bits per heavy atom. The predicted molar refractivity (Wildman–Crippen MR) is 52.5 cm³/mol. The summed E-state index contributed by atoms with van der Waals surface area (Å²) in [6.07, 6.45) is -0.452. The molecule has 0 fully saturated rings. The zero-order valence-corrected chi connectivity index (χ0v) is 9.20. The highest BCUT2D eigenvalue weighted by Gasteiger charge is 2.13. The van der Waals surface area contributed by atoms with Gasteiger partial charge in [-0.2, -0.15) is 0 Å². The van der Waals surface area contributed by atoms with Crippen molar-refractivity contribution in [2.75, 3.05) is 6.61 Å². The van der Waals surface area contributed by atoms with Crippen molar-refractivity contribution in [3.8, 4) is 0 Å². The van der Waals surface area contributed by atoms with Gasteiger partial charge in [-0.05, 0) is 34.3 Å². The normalized spacial score (nSPS) is 12.4. The second-order valence-corrected chi connectivity index (χ2v) is 3.01. The lowest BCUT2D eigenvalue weighted by atomic mass is 10.5.